The van der Waals surface area contributed by atoms with Crippen molar-refractivity contribution < 1.29 is 28.6 Å². The molecule has 0 aliphatic heterocycles. The Morgan fingerprint density at radius 2 is 1.96 bits per heavy atom. The normalized spacial score (nSPS) is 10.7. The van der Waals surface area contributed by atoms with Crippen LogP contribution in [0.15, 0.2) is 46.9 Å². The minimum atomic E-state index is -1.12. The molecule has 0 saturated heterocycles. The number of carbonyl (C=O) groups excluding carboxylic acids is 1. The average Bonchev–Trinajstić information content (AvgIpc) is 2.60. The number of hydrogen-bond donors (Lipinski definition) is 1. The fourth-order valence-corrected chi connectivity index (χ4v) is 2.36. The highest BCUT2D eigenvalue weighted by molar-refractivity contribution is 9.10. The van der Waals surface area contributed by atoms with E-state index in [0.717, 1.165) is 0 Å². The average molecular weight is 409 g/mol. The van der Waals surface area contributed by atoms with Crippen molar-refractivity contribution in [2.45, 2.75) is 0 Å². The number of carboxylic acids is 1. The number of methoxy groups -OCH3 is 1. The first-order valence-electron chi connectivity index (χ1n) is 7.11. The molecule has 0 atom stereocenters. The molecule has 0 radical (unpaired) electrons. The summed E-state index contributed by atoms with van der Waals surface area (Å²) in [5.41, 5.74) is 1.01. The Labute approximate surface area is 151 Å². The van der Waals surface area contributed by atoms with E-state index in [-0.39, 0.29) is 23.1 Å². The quantitative estimate of drug-likeness (QED) is 0.554. The van der Waals surface area contributed by atoms with Crippen LogP contribution in [0.25, 0.3) is 6.08 Å². The van der Waals surface area contributed by atoms with E-state index in [4.69, 9.17) is 14.6 Å². The molecule has 2 rings (SSSR count). The maximum atomic E-state index is 13.2. The van der Waals surface area contributed by atoms with E-state index in [2.05, 4.69) is 15.9 Å². The van der Waals surface area contributed by atoms with Crippen LogP contribution in [-0.2, 0) is 4.79 Å². The highest BCUT2D eigenvalue weighted by Crippen LogP contribution is 2.28. The summed E-state index contributed by atoms with van der Waals surface area (Å²) in [5.74, 6) is -1.30. The molecule has 0 aliphatic carbocycles. The molecule has 0 spiro atoms. The van der Waals surface area contributed by atoms with Crippen molar-refractivity contribution in [3.63, 3.8) is 0 Å². The number of benzene rings is 2. The van der Waals surface area contributed by atoms with Gasteiger partial charge in [0.2, 0.25) is 0 Å². The number of hydrogen-bond acceptors (Lipinski definition) is 4. The molecule has 5 nitrogen and oxygen atoms in total. The summed E-state index contributed by atoms with van der Waals surface area (Å²) in [5, 5.41) is 8.64. The van der Waals surface area contributed by atoms with Gasteiger partial charge < -0.3 is 14.6 Å². The Balaban J connectivity index is 2.16. The van der Waals surface area contributed by atoms with Gasteiger partial charge in [0.25, 0.3) is 0 Å². The van der Waals surface area contributed by atoms with Crippen LogP contribution in [0.5, 0.6) is 11.5 Å². The van der Waals surface area contributed by atoms with Crippen molar-refractivity contribution in [1.82, 2.24) is 0 Å². The molecular formula is C18H14BrFO5. The third-order valence-electron chi connectivity index (χ3n) is 3.17. The smallest absolute Gasteiger partial charge is 0.341 e. The molecule has 0 heterocycles. The maximum absolute atomic E-state index is 13.2. The van der Waals surface area contributed by atoms with Crippen LogP contribution in [-0.4, -0.2) is 30.6 Å². The summed E-state index contributed by atoms with van der Waals surface area (Å²) in [4.78, 5) is 22.8. The second-order valence-corrected chi connectivity index (χ2v) is 5.77. The highest BCUT2D eigenvalue weighted by Gasteiger charge is 2.11. The highest BCUT2D eigenvalue weighted by atomic mass is 79.9. The molecule has 0 aliphatic rings. The molecule has 0 aromatic heterocycles. The molecule has 0 amide bonds. The molecule has 0 bridgehead atoms. The Hall–Kier alpha value is -2.67. The number of allylic oxidation sites excluding steroid dienone is 1. The summed E-state index contributed by atoms with van der Waals surface area (Å²) in [6, 6.07) is 8.84. The maximum Gasteiger partial charge on any atom is 0.341 e. The van der Waals surface area contributed by atoms with Crippen LogP contribution >= 0.6 is 15.9 Å². The minimum Gasteiger partial charge on any atom is -0.493 e. The first-order chi connectivity index (χ1) is 11.9. The van der Waals surface area contributed by atoms with Gasteiger partial charge in [-0.25, -0.2) is 9.18 Å². The van der Waals surface area contributed by atoms with E-state index in [1.54, 1.807) is 18.2 Å². The lowest BCUT2D eigenvalue weighted by molar-refractivity contribution is -0.139. The number of carbonyl (C=O) groups is 2. The summed E-state index contributed by atoms with van der Waals surface area (Å²) in [7, 11) is 1.39. The van der Waals surface area contributed by atoms with Gasteiger partial charge in [0.05, 0.1) is 11.6 Å². The fraction of sp³-hybridized carbons (Fsp3) is 0.111. The summed E-state index contributed by atoms with van der Waals surface area (Å²) < 4.78 is 23.7. The van der Waals surface area contributed by atoms with Gasteiger partial charge in [-0.15, -0.1) is 0 Å². The zero-order chi connectivity index (χ0) is 18.4. The number of halogens is 2. The number of aliphatic carboxylic acids is 1. The molecular weight excluding hydrogens is 395 g/mol. The lowest BCUT2D eigenvalue weighted by atomic mass is 10.1. The number of ketones is 1. The predicted molar refractivity (Wildman–Crippen MR) is 93.6 cm³/mol. The fourth-order valence-electron chi connectivity index (χ4n) is 1.96. The molecule has 0 fully saturated rings. The molecule has 130 valence electrons. The largest absolute Gasteiger partial charge is 0.493 e. The zero-order valence-electron chi connectivity index (χ0n) is 13.2. The number of ether oxygens (including phenoxy) is 2. The van der Waals surface area contributed by atoms with Crippen molar-refractivity contribution in [3.05, 3.63) is 63.9 Å². The molecule has 2 aromatic carbocycles. The number of rotatable bonds is 7. The Kier molecular flexibility index (Phi) is 6.30. The SMILES string of the molecule is COc1cc(C(=O)/C=C/c2ccc(F)c(Br)c2)ccc1OCC(=O)O. The first-order valence-corrected chi connectivity index (χ1v) is 7.90. The Bertz CT molecular complexity index is 832. The lowest BCUT2D eigenvalue weighted by Crippen LogP contribution is -2.10. The van der Waals surface area contributed by atoms with E-state index < -0.39 is 12.6 Å². The van der Waals surface area contributed by atoms with Gasteiger partial charge in [-0.3, -0.25) is 4.79 Å². The van der Waals surface area contributed by atoms with Crippen LogP contribution in [0.1, 0.15) is 15.9 Å². The van der Waals surface area contributed by atoms with Crippen LogP contribution in [0.2, 0.25) is 0 Å². The second kappa shape index (κ2) is 8.43. The van der Waals surface area contributed by atoms with Crippen molar-refractivity contribution in [2.24, 2.45) is 0 Å². The summed E-state index contributed by atoms with van der Waals surface area (Å²) in [6.45, 7) is -0.511. The van der Waals surface area contributed by atoms with Crippen LogP contribution in [0, 0.1) is 5.82 Å². The van der Waals surface area contributed by atoms with E-state index >= 15 is 0 Å². The third-order valence-corrected chi connectivity index (χ3v) is 3.78. The molecule has 0 saturated carbocycles. The predicted octanol–water partition coefficient (Wildman–Crippen LogP) is 3.96. The van der Waals surface area contributed by atoms with Crippen LogP contribution in [0.4, 0.5) is 4.39 Å². The van der Waals surface area contributed by atoms with Gasteiger partial charge >= 0.3 is 5.97 Å². The summed E-state index contributed by atoms with van der Waals surface area (Å²) in [6.07, 6.45) is 2.92. The van der Waals surface area contributed by atoms with Crippen LogP contribution < -0.4 is 9.47 Å². The van der Waals surface area contributed by atoms with Crippen molar-refractivity contribution in [3.8, 4) is 11.5 Å². The van der Waals surface area contributed by atoms with Gasteiger partial charge in [0.1, 0.15) is 5.82 Å². The molecule has 7 heteroatoms. The minimum absolute atomic E-state index is 0.230. The van der Waals surface area contributed by atoms with E-state index in [1.165, 1.54) is 37.5 Å². The van der Waals surface area contributed by atoms with Gasteiger partial charge in [0.15, 0.2) is 23.9 Å². The molecule has 2 aromatic rings. The number of carboxylic acid groups (broad SMARTS) is 1. The lowest BCUT2D eigenvalue weighted by Gasteiger charge is -2.09. The van der Waals surface area contributed by atoms with E-state index in [0.29, 0.717) is 15.6 Å². The molecule has 0 unspecified atom stereocenters. The third kappa shape index (κ3) is 5.15. The van der Waals surface area contributed by atoms with Crippen molar-refractivity contribution in [2.75, 3.05) is 13.7 Å². The van der Waals surface area contributed by atoms with E-state index in [9.17, 15) is 14.0 Å². The molecule has 1 N–H and O–H groups in total. The van der Waals surface area contributed by atoms with Gasteiger partial charge in [0, 0.05) is 5.56 Å². The van der Waals surface area contributed by atoms with Crippen molar-refractivity contribution >= 4 is 33.8 Å². The Morgan fingerprint density at radius 1 is 1.20 bits per heavy atom. The van der Waals surface area contributed by atoms with Gasteiger partial charge in [-0.05, 0) is 57.9 Å². The van der Waals surface area contributed by atoms with Crippen molar-refractivity contribution in [1.29, 1.82) is 0 Å². The standard InChI is InChI=1S/C18H14BrFO5/c1-24-17-9-12(4-7-16(17)25-10-18(22)23)15(21)6-3-11-2-5-14(20)13(19)8-11/h2-9H,10H2,1H3,(H,22,23)/b6-3+. The Morgan fingerprint density at radius 3 is 2.60 bits per heavy atom. The van der Waals surface area contributed by atoms with Gasteiger partial charge in [-0.1, -0.05) is 12.1 Å². The monoisotopic (exact) mass is 408 g/mol. The molecule has 25 heavy (non-hydrogen) atoms. The zero-order valence-corrected chi connectivity index (χ0v) is 14.7. The summed E-state index contributed by atoms with van der Waals surface area (Å²) >= 11 is 3.08. The van der Waals surface area contributed by atoms with Gasteiger partial charge in [-0.2, -0.15) is 0 Å². The topological polar surface area (TPSA) is 72.8 Å². The van der Waals surface area contributed by atoms with E-state index in [1.807, 2.05) is 0 Å². The van der Waals surface area contributed by atoms with Crippen LogP contribution in [0.3, 0.4) is 0 Å². The first kappa shape index (κ1) is 18.7. The second-order valence-electron chi connectivity index (χ2n) is 4.92.